The van der Waals surface area contributed by atoms with Crippen LogP contribution in [0.5, 0.6) is 0 Å². The molecule has 1 aliphatic carbocycles. The van der Waals surface area contributed by atoms with Crippen LogP contribution < -0.4 is 5.11 Å². The number of unbranched alkanes of at least 4 members (excludes halogenated alkanes) is 3. The van der Waals surface area contributed by atoms with E-state index in [4.69, 9.17) is 0 Å². The number of carbonyl (C=O) groups excluding carboxylic acids is 2. The van der Waals surface area contributed by atoms with Crippen molar-refractivity contribution in [3.8, 4) is 0 Å². The Kier molecular flexibility index (Phi) is 10.3. The Morgan fingerprint density at radius 1 is 1.33 bits per heavy atom. The van der Waals surface area contributed by atoms with Crippen molar-refractivity contribution in [3.63, 3.8) is 0 Å². The Morgan fingerprint density at radius 3 is 2.83 bits per heavy atom. The zero-order valence-electron chi connectivity index (χ0n) is 14.8. The van der Waals surface area contributed by atoms with Gasteiger partial charge in [-0.3, -0.25) is 4.79 Å². The lowest BCUT2D eigenvalue weighted by molar-refractivity contribution is -0.305. The summed E-state index contributed by atoms with van der Waals surface area (Å²) >= 11 is 0. The first-order chi connectivity index (χ1) is 11.5. The molecule has 0 aromatic carbocycles. The maximum atomic E-state index is 12.0. The maximum Gasteiger partial charge on any atom is 0.136 e. The van der Waals surface area contributed by atoms with Gasteiger partial charge < -0.3 is 15.0 Å². The number of rotatable bonds is 12. The molecule has 0 amide bonds. The van der Waals surface area contributed by atoms with Crippen molar-refractivity contribution in [2.24, 2.45) is 11.8 Å². The lowest BCUT2D eigenvalue weighted by Crippen LogP contribution is -2.21. The third-order valence-electron chi connectivity index (χ3n) is 4.65. The molecule has 0 radical (unpaired) electrons. The van der Waals surface area contributed by atoms with Crippen molar-refractivity contribution in [2.75, 3.05) is 0 Å². The zero-order chi connectivity index (χ0) is 17.8. The van der Waals surface area contributed by atoms with E-state index >= 15 is 0 Å². The standard InChI is InChI=1S/C20H32O4/c1-2-3-6-9-17(21)14-12-16-13-15-19(22)18(16)10-7-4-5-8-11-20(23)24/h4,7,12,14,16-18,21H,2-3,5-6,8-11,13,15H2,1H3,(H,23,24)/p-1/b7-4+,14-12+. The first-order valence-electron chi connectivity index (χ1n) is 9.28. The Bertz CT molecular complexity index is 439. The molecule has 3 atom stereocenters. The molecule has 0 aromatic rings. The first-order valence-corrected chi connectivity index (χ1v) is 9.28. The summed E-state index contributed by atoms with van der Waals surface area (Å²) in [4.78, 5) is 22.4. The van der Waals surface area contributed by atoms with Crippen LogP contribution in [0.2, 0.25) is 0 Å². The summed E-state index contributed by atoms with van der Waals surface area (Å²) in [5, 5.41) is 20.3. The number of carboxylic acid groups (broad SMARTS) is 1. The predicted octanol–water partition coefficient (Wildman–Crippen LogP) is 2.95. The van der Waals surface area contributed by atoms with E-state index in [0.29, 0.717) is 31.5 Å². The summed E-state index contributed by atoms with van der Waals surface area (Å²) in [5.41, 5.74) is 0. The average Bonchev–Trinajstić information content (AvgIpc) is 2.89. The maximum absolute atomic E-state index is 12.0. The summed E-state index contributed by atoms with van der Waals surface area (Å²) < 4.78 is 0. The molecule has 1 fully saturated rings. The minimum absolute atomic E-state index is 0.00137. The van der Waals surface area contributed by atoms with Crippen molar-refractivity contribution in [1.82, 2.24) is 0 Å². The van der Waals surface area contributed by atoms with Gasteiger partial charge in [0, 0.05) is 18.3 Å². The van der Waals surface area contributed by atoms with Crippen molar-refractivity contribution in [2.45, 2.75) is 77.2 Å². The van der Waals surface area contributed by atoms with Gasteiger partial charge in [-0.05, 0) is 44.4 Å². The number of ketones is 1. The molecule has 0 saturated heterocycles. The van der Waals surface area contributed by atoms with Crippen molar-refractivity contribution >= 4 is 11.8 Å². The molecule has 1 saturated carbocycles. The molecule has 1 rings (SSSR count). The molecule has 24 heavy (non-hydrogen) atoms. The molecule has 0 bridgehead atoms. The number of aliphatic hydroxyl groups excluding tert-OH is 1. The number of hydrogen-bond acceptors (Lipinski definition) is 4. The predicted molar refractivity (Wildman–Crippen MR) is 93.1 cm³/mol. The zero-order valence-corrected chi connectivity index (χ0v) is 14.8. The molecule has 136 valence electrons. The minimum atomic E-state index is -1.02. The van der Waals surface area contributed by atoms with Crippen LogP contribution in [-0.2, 0) is 9.59 Å². The normalized spacial score (nSPS) is 22.7. The fourth-order valence-corrected chi connectivity index (χ4v) is 3.17. The number of carboxylic acids is 1. The number of allylic oxidation sites excluding steroid dienone is 3. The summed E-state index contributed by atoms with van der Waals surface area (Å²) in [6.07, 6.45) is 15.0. The van der Waals surface area contributed by atoms with Crippen LogP contribution in [0, 0.1) is 11.8 Å². The first kappa shape index (κ1) is 20.6. The van der Waals surface area contributed by atoms with Crippen LogP contribution in [0.3, 0.4) is 0 Å². The lowest BCUT2D eigenvalue weighted by atomic mass is 9.91. The van der Waals surface area contributed by atoms with Gasteiger partial charge in [-0.2, -0.15) is 0 Å². The van der Waals surface area contributed by atoms with Crippen LogP contribution in [0.25, 0.3) is 0 Å². The molecule has 4 heteroatoms. The molecule has 1 aliphatic rings. The second-order valence-electron chi connectivity index (χ2n) is 6.69. The van der Waals surface area contributed by atoms with Gasteiger partial charge in [0.05, 0.1) is 6.10 Å². The summed E-state index contributed by atoms with van der Waals surface area (Å²) in [6.45, 7) is 2.14. The van der Waals surface area contributed by atoms with E-state index in [9.17, 15) is 19.8 Å². The van der Waals surface area contributed by atoms with Gasteiger partial charge in [0.25, 0.3) is 0 Å². The van der Waals surface area contributed by atoms with Crippen molar-refractivity contribution in [1.29, 1.82) is 0 Å². The number of carbonyl (C=O) groups is 2. The second kappa shape index (κ2) is 12.0. The fraction of sp³-hybridized carbons (Fsp3) is 0.700. The van der Waals surface area contributed by atoms with E-state index in [-0.39, 0.29) is 18.3 Å². The van der Waals surface area contributed by atoms with Crippen molar-refractivity contribution in [3.05, 3.63) is 24.3 Å². The minimum Gasteiger partial charge on any atom is -0.550 e. The second-order valence-corrected chi connectivity index (χ2v) is 6.69. The topological polar surface area (TPSA) is 77.4 Å². The van der Waals surface area contributed by atoms with Gasteiger partial charge >= 0.3 is 0 Å². The van der Waals surface area contributed by atoms with E-state index in [1.165, 1.54) is 0 Å². The van der Waals surface area contributed by atoms with Gasteiger partial charge in [-0.1, -0.05) is 50.5 Å². The van der Waals surface area contributed by atoms with Crippen LogP contribution in [0.15, 0.2) is 24.3 Å². The Morgan fingerprint density at radius 2 is 2.12 bits per heavy atom. The number of aliphatic hydroxyl groups is 1. The molecule has 0 heterocycles. The van der Waals surface area contributed by atoms with E-state index in [1.807, 2.05) is 24.3 Å². The molecule has 0 spiro atoms. The van der Waals surface area contributed by atoms with E-state index in [0.717, 1.165) is 32.1 Å². The highest BCUT2D eigenvalue weighted by atomic mass is 16.4. The van der Waals surface area contributed by atoms with Gasteiger partial charge in [-0.15, -0.1) is 0 Å². The number of aliphatic carboxylic acids is 1. The molecule has 0 aromatic heterocycles. The van der Waals surface area contributed by atoms with Crippen molar-refractivity contribution < 1.29 is 19.8 Å². The van der Waals surface area contributed by atoms with Crippen LogP contribution in [0.4, 0.5) is 0 Å². The van der Waals surface area contributed by atoms with E-state index in [2.05, 4.69) is 6.92 Å². The highest BCUT2D eigenvalue weighted by molar-refractivity contribution is 5.83. The van der Waals surface area contributed by atoms with E-state index in [1.54, 1.807) is 0 Å². The quantitative estimate of drug-likeness (QED) is 0.439. The number of Topliss-reactive ketones (excluding diaryl/α,β-unsaturated/α-hetero) is 1. The SMILES string of the molecule is CCCCCC(O)/C=C/C1CCC(=O)C1C/C=C/CCCC(=O)[O-]. The summed E-state index contributed by atoms with van der Waals surface area (Å²) in [5.74, 6) is -0.505. The van der Waals surface area contributed by atoms with Gasteiger partial charge in [0.15, 0.2) is 0 Å². The monoisotopic (exact) mass is 335 g/mol. The van der Waals surface area contributed by atoms with Gasteiger partial charge in [-0.25, -0.2) is 0 Å². The third-order valence-corrected chi connectivity index (χ3v) is 4.65. The largest absolute Gasteiger partial charge is 0.550 e. The highest BCUT2D eigenvalue weighted by Crippen LogP contribution is 2.33. The molecule has 4 nitrogen and oxygen atoms in total. The smallest absolute Gasteiger partial charge is 0.136 e. The molecular weight excluding hydrogens is 304 g/mol. The average molecular weight is 335 g/mol. The third kappa shape index (κ3) is 8.44. The summed E-state index contributed by atoms with van der Waals surface area (Å²) in [7, 11) is 0. The fourth-order valence-electron chi connectivity index (χ4n) is 3.17. The highest BCUT2D eigenvalue weighted by Gasteiger charge is 2.31. The molecular formula is C20H31O4-. The van der Waals surface area contributed by atoms with Crippen LogP contribution in [0.1, 0.15) is 71.1 Å². The van der Waals surface area contributed by atoms with Crippen LogP contribution >= 0.6 is 0 Å². The van der Waals surface area contributed by atoms with Crippen LogP contribution in [-0.4, -0.2) is 23.0 Å². The Labute approximate surface area is 145 Å². The molecule has 3 unspecified atom stereocenters. The Hall–Kier alpha value is -1.42. The summed E-state index contributed by atoms with van der Waals surface area (Å²) in [6, 6.07) is 0. The molecule has 0 aliphatic heterocycles. The van der Waals surface area contributed by atoms with E-state index < -0.39 is 12.1 Å². The lowest BCUT2D eigenvalue weighted by Gasteiger charge is -2.13. The van der Waals surface area contributed by atoms with Gasteiger partial charge in [0.1, 0.15) is 5.78 Å². The molecule has 1 N–H and O–H groups in total. The van der Waals surface area contributed by atoms with Gasteiger partial charge in [0.2, 0.25) is 0 Å². The number of hydrogen-bond donors (Lipinski definition) is 1. The Balaban J connectivity index is 2.37.